The second-order valence-corrected chi connectivity index (χ2v) is 8.71. The smallest absolute Gasteiger partial charge is 0.251 e. The summed E-state index contributed by atoms with van der Waals surface area (Å²) in [5.74, 6) is 0.392. The third-order valence-corrected chi connectivity index (χ3v) is 6.54. The van der Waals surface area contributed by atoms with Gasteiger partial charge in [-0.05, 0) is 67.5 Å². The molecule has 3 amide bonds. The molecular weight excluding hydrogens is 452 g/mol. The van der Waals surface area contributed by atoms with Crippen LogP contribution in [0.15, 0.2) is 48.5 Å². The minimum atomic E-state index is -0.681. The average Bonchev–Trinajstić information content (AvgIpc) is 3.34. The SMILES string of the molecule is CCOc1ccc(NC(=O)C[C@@H]2C(=O)N(C)C(=S)N2Cc2ccc(N3CCCC3=O)cc2)cc1. The molecule has 2 aromatic rings. The summed E-state index contributed by atoms with van der Waals surface area (Å²) in [6.45, 7) is 3.60. The minimum absolute atomic E-state index is 0.0170. The number of anilines is 2. The van der Waals surface area contributed by atoms with Crippen molar-refractivity contribution in [3.63, 3.8) is 0 Å². The number of nitrogens with zero attached hydrogens (tertiary/aromatic N) is 3. The van der Waals surface area contributed by atoms with Crippen molar-refractivity contribution >= 4 is 46.4 Å². The van der Waals surface area contributed by atoms with Crippen LogP contribution < -0.4 is 15.0 Å². The summed E-state index contributed by atoms with van der Waals surface area (Å²) in [6.07, 6.45) is 1.44. The van der Waals surface area contributed by atoms with Crippen molar-refractivity contribution < 1.29 is 19.1 Å². The zero-order valence-corrected chi connectivity index (χ0v) is 20.1. The number of carbonyl (C=O) groups is 3. The zero-order valence-electron chi connectivity index (χ0n) is 19.3. The predicted molar refractivity (Wildman–Crippen MR) is 134 cm³/mol. The lowest BCUT2D eigenvalue weighted by Gasteiger charge is -2.24. The van der Waals surface area contributed by atoms with Gasteiger partial charge in [-0.3, -0.25) is 19.3 Å². The van der Waals surface area contributed by atoms with Crippen LogP contribution >= 0.6 is 12.2 Å². The number of amides is 3. The van der Waals surface area contributed by atoms with E-state index in [1.165, 1.54) is 4.90 Å². The van der Waals surface area contributed by atoms with Crippen molar-refractivity contribution in [1.29, 1.82) is 0 Å². The summed E-state index contributed by atoms with van der Waals surface area (Å²) in [6, 6.07) is 14.1. The van der Waals surface area contributed by atoms with Crippen molar-refractivity contribution in [3.05, 3.63) is 54.1 Å². The molecule has 0 unspecified atom stereocenters. The average molecular weight is 481 g/mol. The predicted octanol–water partition coefficient (Wildman–Crippen LogP) is 3.17. The van der Waals surface area contributed by atoms with Gasteiger partial charge in [-0.25, -0.2) is 0 Å². The van der Waals surface area contributed by atoms with Gasteiger partial charge >= 0.3 is 0 Å². The Hall–Kier alpha value is -3.46. The molecule has 1 atom stereocenters. The van der Waals surface area contributed by atoms with Crippen LogP contribution in [-0.4, -0.2) is 58.9 Å². The number of rotatable bonds is 8. The maximum absolute atomic E-state index is 12.8. The van der Waals surface area contributed by atoms with Gasteiger partial charge in [0.1, 0.15) is 11.8 Å². The zero-order chi connectivity index (χ0) is 24.2. The highest BCUT2D eigenvalue weighted by atomic mass is 32.1. The molecule has 8 nitrogen and oxygen atoms in total. The standard InChI is InChI=1S/C25H28N4O4S/c1-3-33-20-12-8-18(9-13-20)26-22(30)15-21-24(32)27(2)25(34)29(21)16-17-6-10-19(11-7-17)28-14-4-5-23(28)31/h6-13,21H,3-5,14-16H2,1-2H3,(H,26,30)/t21-/m1/s1. The van der Waals surface area contributed by atoms with Gasteiger partial charge in [0.05, 0.1) is 13.0 Å². The van der Waals surface area contributed by atoms with Crippen LogP contribution in [0, 0.1) is 0 Å². The maximum atomic E-state index is 12.8. The third-order valence-electron chi connectivity index (χ3n) is 6.03. The second kappa shape index (κ2) is 10.2. The van der Waals surface area contributed by atoms with E-state index in [1.54, 1.807) is 41.1 Å². The first kappa shape index (κ1) is 23.7. The van der Waals surface area contributed by atoms with Crippen molar-refractivity contribution in [3.8, 4) is 5.75 Å². The van der Waals surface area contributed by atoms with E-state index in [1.807, 2.05) is 31.2 Å². The quantitative estimate of drug-likeness (QED) is 0.585. The second-order valence-electron chi connectivity index (χ2n) is 8.35. The van der Waals surface area contributed by atoms with Gasteiger partial charge in [-0.1, -0.05) is 12.1 Å². The van der Waals surface area contributed by atoms with Gasteiger partial charge < -0.3 is 19.9 Å². The van der Waals surface area contributed by atoms with Crippen LogP contribution in [0.25, 0.3) is 0 Å². The van der Waals surface area contributed by atoms with E-state index < -0.39 is 6.04 Å². The molecule has 0 saturated carbocycles. The Balaban J connectivity index is 1.42. The number of nitrogens with one attached hydrogen (secondary N) is 1. The molecule has 0 radical (unpaired) electrons. The van der Waals surface area contributed by atoms with E-state index in [0.717, 1.165) is 30.0 Å². The monoisotopic (exact) mass is 480 g/mol. The first-order chi connectivity index (χ1) is 16.4. The van der Waals surface area contributed by atoms with Gasteiger partial charge in [-0.15, -0.1) is 0 Å². The largest absolute Gasteiger partial charge is 0.494 e. The van der Waals surface area contributed by atoms with E-state index in [2.05, 4.69) is 5.32 Å². The fraction of sp³-hybridized carbons (Fsp3) is 0.360. The highest BCUT2D eigenvalue weighted by molar-refractivity contribution is 7.80. The molecule has 178 valence electrons. The first-order valence-corrected chi connectivity index (χ1v) is 11.8. The Labute approximate surface area is 204 Å². The lowest BCUT2D eigenvalue weighted by Crippen LogP contribution is -2.37. The number of benzene rings is 2. The highest BCUT2D eigenvalue weighted by Crippen LogP contribution is 2.26. The van der Waals surface area contributed by atoms with Crippen molar-refractivity contribution in [2.45, 2.75) is 38.8 Å². The van der Waals surface area contributed by atoms with Crippen LogP contribution in [0.2, 0.25) is 0 Å². The van der Waals surface area contributed by atoms with E-state index in [-0.39, 0.29) is 24.1 Å². The lowest BCUT2D eigenvalue weighted by atomic mass is 10.1. The summed E-state index contributed by atoms with van der Waals surface area (Å²) >= 11 is 5.50. The van der Waals surface area contributed by atoms with E-state index in [9.17, 15) is 14.4 Å². The van der Waals surface area contributed by atoms with Gasteiger partial charge in [0, 0.05) is 37.9 Å². The van der Waals surface area contributed by atoms with Crippen LogP contribution in [0.4, 0.5) is 11.4 Å². The number of likely N-dealkylation sites (N-methyl/N-ethyl adjacent to an activating group) is 1. The molecule has 2 heterocycles. The third kappa shape index (κ3) is 5.04. The van der Waals surface area contributed by atoms with Crippen LogP contribution in [-0.2, 0) is 20.9 Å². The van der Waals surface area contributed by atoms with Gasteiger partial charge in [0.2, 0.25) is 11.8 Å². The summed E-state index contributed by atoms with van der Waals surface area (Å²) < 4.78 is 5.42. The fourth-order valence-electron chi connectivity index (χ4n) is 4.24. The number of ether oxygens (including phenoxy) is 1. The molecule has 9 heteroatoms. The topological polar surface area (TPSA) is 82.2 Å². The van der Waals surface area contributed by atoms with Crippen LogP contribution in [0.1, 0.15) is 31.7 Å². The van der Waals surface area contributed by atoms with Crippen molar-refractivity contribution in [2.75, 3.05) is 30.4 Å². The van der Waals surface area contributed by atoms with Gasteiger partial charge in [0.15, 0.2) is 5.11 Å². The molecular formula is C25H28N4O4S. The number of hydrogen-bond donors (Lipinski definition) is 1. The first-order valence-electron chi connectivity index (χ1n) is 11.4. The summed E-state index contributed by atoms with van der Waals surface area (Å²) in [5, 5.41) is 3.23. The molecule has 34 heavy (non-hydrogen) atoms. The Morgan fingerprint density at radius 3 is 2.44 bits per heavy atom. The molecule has 2 aromatic carbocycles. The van der Waals surface area contributed by atoms with Gasteiger partial charge in [0.25, 0.3) is 5.91 Å². The number of carbonyl (C=O) groups excluding carboxylic acids is 3. The van der Waals surface area contributed by atoms with Gasteiger partial charge in [-0.2, -0.15) is 0 Å². The lowest BCUT2D eigenvalue weighted by molar-refractivity contribution is -0.130. The molecule has 1 N–H and O–H groups in total. The Bertz CT molecular complexity index is 1090. The summed E-state index contributed by atoms with van der Waals surface area (Å²) in [4.78, 5) is 42.6. The Morgan fingerprint density at radius 2 is 1.82 bits per heavy atom. The van der Waals surface area contributed by atoms with E-state index in [4.69, 9.17) is 17.0 Å². The number of hydrogen-bond acceptors (Lipinski definition) is 5. The molecule has 2 fully saturated rings. The molecule has 0 spiro atoms. The molecule has 2 aliphatic heterocycles. The van der Waals surface area contributed by atoms with Crippen molar-refractivity contribution in [1.82, 2.24) is 9.80 Å². The van der Waals surface area contributed by atoms with E-state index in [0.29, 0.717) is 30.4 Å². The van der Waals surface area contributed by atoms with E-state index >= 15 is 0 Å². The molecule has 0 bridgehead atoms. The summed E-state index contributed by atoms with van der Waals surface area (Å²) in [7, 11) is 1.63. The van der Waals surface area contributed by atoms with Crippen molar-refractivity contribution in [2.24, 2.45) is 0 Å². The Kier molecular flexibility index (Phi) is 7.12. The molecule has 0 aromatic heterocycles. The minimum Gasteiger partial charge on any atom is -0.494 e. The van der Waals surface area contributed by atoms with Crippen LogP contribution in [0.3, 0.4) is 0 Å². The van der Waals surface area contributed by atoms with Crippen LogP contribution in [0.5, 0.6) is 5.75 Å². The molecule has 2 aliphatic rings. The Morgan fingerprint density at radius 1 is 1.12 bits per heavy atom. The molecule has 2 saturated heterocycles. The molecule has 0 aliphatic carbocycles. The number of thiocarbonyl (C=S) groups is 1. The maximum Gasteiger partial charge on any atom is 0.251 e. The normalized spacial score (nSPS) is 18.1. The molecule has 4 rings (SSSR count). The highest BCUT2D eigenvalue weighted by Gasteiger charge is 2.41. The summed E-state index contributed by atoms with van der Waals surface area (Å²) in [5.41, 5.74) is 2.45. The fourth-order valence-corrected chi connectivity index (χ4v) is 4.52.